The Morgan fingerprint density at radius 3 is 2.84 bits per heavy atom. The van der Waals surface area contributed by atoms with E-state index in [9.17, 15) is 0 Å². The van der Waals surface area contributed by atoms with Gasteiger partial charge in [0.25, 0.3) is 0 Å². The van der Waals surface area contributed by atoms with Gasteiger partial charge >= 0.3 is 0 Å². The molecule has 1 aromatic heterocycles. The molecule has 0 radical (unpaired) electrons. The highest BCUT2D eigenvalue weighted by atomic mass is 15.2. The Balaban J connectivity index is 2.10. The summed E-state index contributed by atoms with van der Waals surface area (Å²) >= 11 is 0. The standard InChI is InChI=1S/C15H28N4/c1-12(2)14(8-16)15-9-17-11-19(15)10-13-6-4-5-7-18(13)3/h9,11-14H,4-8,10,16H2,1-3H3. The predicted molar refractivity (Wildman–Crippen MR) is 79.1 cm³/mol. The summed E-state index contributed by atoms with van der Waals surface area (Å²) < 4.78 is 2.32. The number of likely N-dealkylation sites (N-methyl/N-ethyl adjacent to an activating group) is 1. The average molecular weight is 264 g/mol. The summed E-state index contributed by atoms with van der Waals surface area (Å²) in [5.41, 5.74) is 7.25. The molecule has 108 valence electrons. The minimum absolute atomic E-state index is 0.413. The van der Waals surface area contributed by atoms with Crippen LogP contribution in [0.2, 0.25) is 0 Å². The van der Waals surface area contributed by atoms with Crippen molar-refractivity contribution in [3.8, 4) is 0 Å². The molecular formula is C15H28N4. The molecule has 2 atom stereocenters. The summed E-state index contributed by atoms with van der Waals surface area (Å²) in [7, 11) is 2.24. The molecule has 0 aliphatic carbocycles. The summed E-state index contributed by atoms with van der Waals surface area (Å²) in [5.74, 6) is 0.973. The highest BCUT2D eigenvalue weighted by Crippen LogP contribution is 2.24. The van der Waals surface area contributed by atoms with Crippen molar-refractivity contribution in [2.75, 3.05) is 20.1 Å². The number of nitrogens with two attached hydrogens (primary N) is 1. The van der Waals surface area contributed by atoms with E-state index in [0.717, 1.165) is 6.54 Å². The molecule has 1 saturated heterocycles. The predicted octanol–water partition coefficient (Wildman–Crippen LogP) is 2.07. The maximum absolute atomic E-state index is 5.94. The number of rotatable bonds is 5. The van der Waals surface area contributed by atoms with E-state index < -0.39 is 0 Å². The van der Waals surface area contributed by atoms with Crippen molar-refractivity contribution < 1.29 is 0 Å². The second-order valence-electron chi connectivity index (χ2n) is 6.19. The summed E-state index contributed by atoms with van der Waals surface area (Å²) in [5, 5.41) is 0. The normalized spacial score (nSPS) is 22.9. The Bertz CT molecular complexity index is 385. The van der Waals surface area contributed by atoms with E-state index in [-0.39, 0.29) is 0 Å². The molecule has 19 heavy (non-hydrogen) atoms. The number of hydrogen-bond donors (Lipinski definition) is 1. The van der Waals surface area contributed by atoms with Crippen LogP contribution in [0.3, 0.4) is 0 Å². The van der Waals surface area contributed by atoms with E-state index in [1.54, 1.807) is 0 Å². The molecule has 0 amide bonds. The molecular weight excluding hydrogens is 236 g/mol. The first-order valence-electron chi connectivity index (χ1n) is 7.53. The number of piperidine rings is 1. The van der Waals surface area contributed by atoms with Crippen LogP contribution in [0.1, 0.15) is 44.7 Å². The first kappa shape index (κ1) is 14.5. The van der Waals surface area contributed by atoms with Gasteiger partial charge in [-0.25, -0.2) is 4.98 Å². The fourth-order valence-corrected chi connectivity index (χ4v) is 3.13. The quantitative estimate of drug-likeness (QED) is 0.885. The molecule has 0 saturated carbocycles. The van der Waals surface area contributed by atoms with E-state index in [1.165, 1.54) is 31.5 Å². The fraction of sp³-hybridized carbons (Fsp3) is 0.800. The zero-order chi connectivity index (χ0) is 13.8. The van der Waals surface area contributed by atoms with Crippen LogP contribution < -0.4 is 5.73 Å². The van der Waals surface area contributed by atoms with Crippen LogP contribution in [-0.2, 0) is 6.54 Å². The Morgan fingerprint density at radius 2 is 2.21 bits per heavy atom. The summed E-state index contributed by atoms with van der Waals surface area (Å²) in [6.45, 7) is 7.45. The number of imidazole rings is 1. The molecule has 4 heteroatoms. The maximum atomic E-state index is 5.94. The minimum Gasteiger partial charge on any atom is -0.333 e. The SMILES string of the molecule is CC(C)C(CN)c1cncn1CC1CCCCN1C. The van der Waals surface area contributed by atoms with E-state index in [1.807, 2.05) is 12.5 Å². The van der Waals surface area contributed by atoms with Crippen molar-refractivity contribution in [1.29, 1.82) is 0 Å². The second-order valence-corrected chi connectivity index (χ2v) is 6.19. The zero-order valence-corrected chi connectivity index (χ0v) is 12.5. The molecule has 2 unspecified atom stereocenters. The van der Waals surface area contributed by atoms with Crippen LogP contribution in [-0.4, -0.2) is 40.6 Å². The van der Waals surface area contributed by atoms with E-state index in [2.05, 4.69) is 35.3 Å². The molecule has 2 N–H and O–H groups in total. The van der Waals surface area contributed by atoms with Gasteiger partial charge in [-0.2, -0.15) is 0 Å². The van der Waals surface area contributed by atoms with E-state index >= 15 is 0 Å². The molecule has 1 aliphatic rings. The monoisotopic (exact) mass is 264 g/mol. The van der Waals surface area contributed by atoms with Crippen molar-refractivity contribution in [2.24, 2.45) is 11.7 Å². The van der Waals surface area contributed by atoms with Crippen LogP contribution in [0.5, 0.6) is 0 Å². The van der Waals surface area contributed by atoms with Crippen LogP contribution >= 0.6 is 0 Å². The topological polar surface area (TPSA) is 47.1 Å². The zero-order valence-electron chi connectivity index (χ0n) is 12.5. The number of hydrogen-bond acceptors (Lipinski definition) is 3. The van der Waals surface area contributed by atoms with Gasteiger partial charge in [0.1, 0.15) is 0 Å². The lowest BCUT2D eigenvalue weighted by Crippen LogP contribution is -2.39. The first-order chi connectivity index (χ1) is 9.13. The maximum Gasteiger partial charge on any atom is 0.0948 e. The summed E-state index contributed by atoms with van der Waals surface area (Å²) in [6, 6.07) is 0.646. The second kappa shape index (κ2) is 6.53. The number of aromatic nitrogens is 2. The van der Waals surface area contributed by atoms with Crippen molar-refractivity contribution in [1.82, 2.24) is 14.5 Å². The van der Waals surface area contributed by atoms with Gasteiger partial charge in [-0.1, -0.05) is 20.3 Å². The average Bonchev–Trinajstić information content (AvgIpc) is 2.81. The van der Waals surface area contributed by atoms with E-state index in [0.29, 0.717) is 24.4 Å². The minimum atomic E-state index is 0.413. The fourth-order valence-electron chi connectivity index (χ4n) is 3.13. The van der Waals surface area contributed by atoms with Gasteiger partial charge < -0.3 is 15.2 Å². The van der Waals surface area contributed by atoms with Crippen LogP contribution in [0.25, 0.3) is 0 Å². The van der Waals surface area contributed by atoms with Gasteiger partial charge in [-0.15, -0.1) is 0 Å². The van der Waals surface area contributed by atoms with Gasteiger partial charge in [0, 0.05) is 36.9 Å². The van der Waals surface area contributed by atoms with Gasteiger partial charge in [-0.05, 0) is 32.4 Å². The van der Waals surface area contributed by atoms with E-state index in [4.69, 9.17) is 5.73 Å². The number of nitrogens with zero attached hydrogens (tertiary/aromatic N) is 3. The third-order valence-electron chi connectivity index (χ3n) is 4.51. The molecule has 2 rings (SSSR count). The Kier molecular flexibility index (Phi) is 4.99. The van der Waals surface area contributed by atoms with Crippen LogP contribution in [0, 0.1) is 5.92 Å². The first-order valence-corrected chi connectivity index (χ1v) is 7.53. The van der Waals surface area contributed by atoms with Crippen LogP contribution in [0.15, 0.2) is 12.5 Å². The molecule has 4 nitrogen and oxygen atoms in total. The molecule has 2 heterocycles. The van der Waals surface area contributed by atoms with Gasteiger partial charge in [-0.3, -0.25) is 0 Å². The third-order valence-corrected chi connectivity index (χ3v) is 4.51. The highest BCUT2D eigenvalue weighted by Gasteiger charge is 2.23. The Morgan fingerprint density at radius 1 is 1.42 bits per heavy atom. The van der Waals surface area contributed by atoms with Gasteiger partial charge in [0.2, 0.25) is 0 Å². The molecule has 1 aliphatic heterocycles. The van der Waals surface area contributed by atoms with Crippen LogP contribution in [0.4, 0.5) is 0 Å². The summed E-state index contributed by atoms with van der Waals surface area (Å²) in [6.07, 6.45) is 7.96. The van der Waals surface area contributed by atoms with Crippen molar-refractivity contribution >= 4 is 0 Å². The van der Waals surface area contributed by atoms with Crippen molar-refractivity contribution in [3.05, 3.63) is 18.2 Å². The third kappa shape index (κ3) is 3.37. The van der Waals surface area contributed by atoms with Crippen molar-refractivity contribution in [3.63, 3.8) is 0 Å². The molecule has 1 aromatic rings. The highest BCUT2D eigenvalue weighted by molar-refractivity contribution is 5.08. The molecule has 1 fully saturated rings. The smallest absolute Gasteiger partial charge is 0.0948 e. The number of likely N-dealkylation sites (tertiary alicyclic amines) is 1. The van der Waals surface area contributed by atoms with Gasteiger partial charge in [0.15, 0.2) is 0 Å². The lowest BCUT2D eigenvalue weighted by atomic mass is 9.92. The Hall–Kier alpha value is -0.870. The lowest BCUT2D eigenvalue weighted by molar-refractivity contribution is 0.165. The van der Waals surface area contributed by atoms with Crippen molar-refractivity contribution in [2.45, 2.75) is 51.6 Å². The summed E-state index contributed by atoms with van der Waals surface area (Å²) in [4.78, 5) is 6.84. The van der Waals surface area contributed by atoms with Gasteiger partial charge in [0.05, 0.1) is 6.33 Å². The molecule has 0 aromatic carbocycles. The molecule has 0 bridgehead atoms. The lowest BCUT2D eigenvalue weighted by Gasteiger charge is -2.33. The Labute approximate surface area is 117 Å². The largest absolute Gasteiger partial charge is 0.333 e. The molecule has 0 spiro atoms.